The van der Waals surface area contributed by atoms with Crippen LogP contribution in [0, 0.1) is 0 Å². The molecule has 1 fully saturated rings. The van der Waals surface area contributed by atoms with Gasteiger partial charge in [0.15, 0.2) is 11.5 Å². The number of para-hydroxylation sites is 1. The Kier molecular flexibility index (Phi) is 6.49. The third kappa shape index (κ3) is 4.70. The molecule has 0 amide bonds. The number of nitrogens with one attached hydrogen (secondary N) is 1. The third-order valence-electron chi connectivity index (χ3n) is 6.21. The minimum atomic E-state index is -0.322. The van der Waals surface area contributed by atoms with Crippen molar-refractivity contribution in [3.8, 4) is 17.2 Å². The molecular formula is C25H33N3O3. The molecule has 166 valence electrons. The Bertz CT molecular complexity index is 918. The van der Waals surface area contributed by atoms with Crippen molar-refractivity contribution in [1.29, 1.82) is 0 Å². The maximum absolute atomic E-state index is 10.9. The second-order valence-corrected chi connectivity index (χ2v) is 8.38. The number of ether oxygens (including phenoxy) is 2. The van der Waals surface area contributed by atoms with Gasteiger partial charge < -0.3 is 19.5 Å². The topological polar surface area (TPSA) is 66.3 Å². The van der Waals surface area contributed by atoms with Crippen molar-refractivity contribution in [2.45, 2.75) is 44.8 Å². The number of aromatic hydroxyl groups is 1. The number of phenols is 1. The van der Waals surface area contributed by atoms with Crippen molar-refractivity contribution in [3.05, 3.63) is 53.6 Å². The minimum Gasteiger partial charge on any atom is -0.504 e. The summed E-state index contributed by atoms with van der Waals surface area (Å²) in [6.45, 7) is 7.06. The fourth-order valence-corrected chi connectivity index (χ4v) is 4.52. The highest BCUT2D eigenvalue weighted by molar-refractivity contribution is 6.02. The van der Waals surface area contributed by atoms with Gasteiger partial charge in [-0.3, -0.25) is 10.3 Å². The Morgan fingerprint density at radius 2 is 1.77 bits per heavy atom. The molecule has 1 spiro atoms. The van der Waals surface area contributed by atoms with Crippen molar-refractivity contribution in [3.63, 3.8) is 0 Å². The monoisotopic (exact) mass is 423 g/mol. The highest BCUT2D eigenvalue weighted by Crippen LogP contribution is 2.40. The molecule has 2 heterocycles. The Hall–Kier alpha value is -2.57. The molecule has 2 aliphatic rings. The summed E-state index contributed by atoms with van der Waals surface area (Å²) >= 11 is 0. The zero-order valence-corrected chi connectivity index (χ0v) is 18.7. The predicted octanol–water partition coefficient (Wildman–Crippen LogP) is 4.14. The molecule has 31 heavy (non-hydrogen) atoms. The van der Waals surface area contributed by atoms with Gasteiger partial charge in [-0.1, -0.05) is 12.1 Å². The van der Waals surface area contributed by atoms with E-state index >= 15 is 0 Å². The quantitative estimate of drug-likeness (QED) is 0.731. The molecule has 6 heteroatoms. The average Bonchev–Trinajstić information content (AvgIpc) is 2.78. The van der Waals surface area contributed by atoms with Gasteiger partial charge >= 0.3 is 0 Å². The molecule has 0 radical (unpaired) electrons. The number of rotatable bonds is 6. The Labute approximate surface area is 184 Å². The van der Waals surface area contributed by atoms with E-state index in [1.165, 1.54) is 0 Å². The molecule has 1 saturated heterocycles. The first kappa shape index (κ1) is 21.7. The van der Waals surface area contributed by atoms with E-state index in [-0.39, 0.29) is 17.5 Å². The number of likely N-dealkylation sites (tertiary alicyclic amines) is 1. The normalized spacial score (nSPS) is 21.0. The lowest BCUT2D eigenvalue weighted by Crippen LogP contribution is -2.55. The van der Waals surface area contributed by atoms with E-state index in [1.54, 1.807) is 0 Å². The average molecular weight is 424 g/mol. The third-order valence-corrected chi connectivity index (χ3v) is 6.21. The summed E-state index contributed by atoms with van der Waals surface area (Å²) in [4.78, 5) is 7.59. The number of hydrogen-bond donors (Lipinski definition) is 2. The predicted molar refractivity (Wildman–Crippen MR) is 123 cm³/mol. The summed E-state index contributed by atoms with van der Waals surface area (Å²) in [6.07, 6.45) is 2.58. The van der Waals surface area contributed by atoms with Crippen molar-refractivity contribution in [2.75, 3.05) is 33.4 Å². The fourth-order valence-electron chi connectivity index (χ4n) is 4.52. The van der Waals surface area contributed by atoms with Gasteiger partial charge in [0, 0.05) is 36.8 Å². The van der Waals surface area contributed by atoms with Gasteiger partial charge in [-0.25, -0.2) is 0 Å². The van der Waals surface area contributed by atoms with Gasteiger partial charge in [0.05, 0.1) is 13.2 Å². The number of hydrogen-bond acceptors (Lipinski definition) is 6. The first-order valence-corrected chi connectivity index (χ1v) is 11.3. The highest BCUT2D eigenvalue weighted by Gasteiger charge is 2.40. The van der Waals surface area contributed by atoms with Gasteiger partial charge in [-0.2, -0.15) is 0 Å². The molecule has 2 aliphatic heterocycles. The first-order chi connectivity index (χ1) is 15.0. The number of nitrogens with zero attached hydrogens (tertiary/aromatic N) is 2. The summed E-state index contributed by atoms with van der Waals surface area (Å²) < 4.78 is 11.2. The van der Waals surface area contributed by atoms with E-state index in [4.69, 9.17) is 14.5 Å². The maximum Gasteiger partial charge on any atom is 0.162 e. The SMILES string of the molecule is CCOc1ccc(C2=NC3(CCN(C)CC3)NC(c3cccc(OCC)c3O)C2)cc1. The van der Waals surface area contributed by atoms with E-state index in [0.29, 0.717) is 25.4 Å². The van der Waals surface area contributed by atoms with Crippen LogP contribution in [-0.2, 0) is 0 Å². The lowest BCUT2D eigenvalue weighted by molar-refractivity contribution is 0.144. The number of aliphatic imine (C=N–C) groups is 1. The first-order valence-electron chi connectivity index (χ1n) is 11.3. The van der Waals surface area contributed by atoms with E-state index < -0.39 is 0 Å². The fraction of sp³-hybridized carbons (Fsp3) is 0.480. The second-order valence-electron chi connectivity index (χ2n) is 8.38. The van der Waals surface area contributed by atoms with Gasteiger partial charge in [-0.05, 0) is 69.6 Å². The number of phenolic OH excluding ortho intramolecular Hbond substituents is 1. The molecular weight excluding hydrogens is 390 g/mol. The Morgan fingerprint density at radius 3 is 2.45 bits per heavy atom. The van der Waals surface area contributed by atoms with Crippen LogP contribution in [0.2, 0.25) is 0 Å². The van der Waals surface area contributed by atoms with E-state index in [2.05, 4.69) is 29.4 Å². The molecule has 1 unspecified atom stereocenters. The zero-order chi connectivity index (χ0) is 21.8. The molecule has 2 aromatic carbocycles. The van der Waals surface area contributed by atoms with Crippen molar-refractivity contribution in [2.24, 2.45) is 4.99 Å². The summed E-state index contributed by atoms with van der Waals surface area (Å²) in [5.74, 6) is 1.62. The molecule has 1 atom stereocenters. The lowest BCUT2D eigenvalue weighted by atomic mass is 9.87. The maximum atomic E-state index is 10.9. The van der Waals surface area contributed by atoms with Crippen LogP contribution >= 0.6 is 0 Å². The van der Waals surface area contributed by atoms with E-state index in [9.17, 15) is 5.11 Å². The molecule has 2 aromatic rings. The molecule has 2 N–H and O–H groups in total. The molecule has 0 bridgehead atoms. The van der Waals surface area contributed by atoms with Crippen molar-refractivity contribution < 1.29 is 14.6 Å². The van der Waals surface area contributed by atoms with Gasteiger partial charge in [0.1, 0.15) is 11.4 Å². The van der Waals surface area contributed by atoms with Crippen LogP contribution in [0.3, 0.4) is 0 Å². The molecule has 6 nitrogen and oxygen atoms in total. The molecule has 0 aliphatic carbocycles. The standard InChI is InChI=1S/C25H33N3O3/c1-4-30-19-11-9-18(10-12-19)21-17-22(20-7-6-8-23(24(20)29)31-5-2)27-25(26-21)13-15-28(3)16-14-25/h6-12,22,27,29H,4-5,13-17H2,1-3H3. The zero-order valence-electron chi connectivity index (χ0n) is 18.7. The van der Waals surface area contributed by atoms with E-state index in [1.807, 2.05) is 44.2 Å². The number of benzene rings is 2. The lowest BCUT2D eigenvalue weighted by Gasteiger charge is -2.44. The van der Waals surface area contributed by atoms with Crippen molar-refractivity contribution >= 4 is 5.71 Å². The summed E-state index contributed by atoms with van der Waals surface area (Å²) in [7, 11) is 2.15. The van der Waals surface area contributed by atoms with Crippen LogP contribution in [0.1, 0.15) is 50.3 Å². The van der Waals surface area contributed by atoms with Gasteiger partial charge in [0.25, 0.3) is 0 Å². The smallest absolute Gasteiger partial charge is 0.162 e. The van der Waals surface area contributed by atoms with Gasteiger partial charge in [0.2, 0.25) is 0 Å². The molecule has 0 saturated carbocycles. The van der Waals surface area contributed by atoms with Crippen LogP contribution < -0.4 is 14.8 Å². The summed E-state index contributed by atoms with van der Waals surface area (Å²) in [6, 6.07) is 13.9. The molecule has 0 aromatic heterocycles. The Balaban J connectivity index is 1.69. The van der Waals surface area contributed by atoms with Crippen LogP contribution in [-0.4, -0.2) is 54.7 Å². The second kappa shape index (κ2) is 9.28. The van der Waals surface area contributed by atoms with Crippen molar-refractivity contribution in [1.82, 2.24) is 10.2 Å². The highest BCUT2D eigenvalue weighted by atomic mass is 16.5. The minimum absolute atomic E-state index is 0.0390. The van der Waals surface area contributed by atoms with Crippen LogP contribution in [0.5, 0.6) is 17.2 Å². The largest absolute Gasteiger partial charge is 0.504 e. The number of piperidine rings is 1. The summed E-state index contributed by atoms with van der Waals surface area (Å²) in [5.41, 5.74) is 2.71. The Morgan fingerprint density at radius 1 is 1.06 bits per heavy atom. The van der Waals surface area contributed by atoms with Gasteiger partial charge in [-0.15, -0.1) is 0 Å². The van der Waals surface area contributed by atoms with Crippen LogP contribution in [0.15, 0.2) is 47.5 Å². The molecule has 4 rings (SSSR count). The van der Waals surface area contributed by atoms with E-state index in [0.717, 1.165) is 48.5 Å². The van der Waals surface area contributed by atoms with Crippen LogP contribution in [0.4, 0.5) is 0 Å². The summed E-state index contributed by atoms with van der Waals surface area (Å²) in [5, 5.41) is 14.7. The van der Waals surface area contributed by atoms with Crippen LogP contribution in [0.25, 0.3) is 0 Å².